The normalized spacial score (nSPS) is 11.6. The number of allylic oxidation sites excluding steroid dienone is 1. The van der Waals surface area contributed by atoms with Crippen LogP contribution in [0, 0.1) is 5.82 Å². The first kappa shape index (κ1) is 21.8. The number of hydrogen-bond acceptors (Lipinski definition) is 3. The summed E-state index contributed by atoms with van der Waals surface area (Å²) in [7, 11) is 0. The molecule has 0 aliphatic rings. The van der Waals surface area contributed by atoms with Crippen LogP contribution < -0.4 is 10.1 Å². The topological polar surface area (TPSA) is 51.5 Å². The second-order valence-electron chi connectivity index (χ2n) is 7.26. The molecule has 1 aromatic heterocycles. The minimum Gasteiger partial charge on any atom is -0.493 e. The van der Waals surface area contributed by atoms with Crippen LogP contribution >= 0.6 is 15.9 Å². The molecule has 0 saturated heterocycles. The van der Waals surface area contributed by atoms with Crippen molar-refractivity contribution >= 4 is 44.1 Å². The lowest BCUT2D eigenvalue weighted by molar-refractivity contribution is -0.111. The Morgan fingerprint density at radius 1 is 1.16 bits per heavy atom. The smallest absolute Gasteiger partial charge is 0.248 e. The highest BCUT2D eigenvalue weighted by atomic mass is 79.9. The molecule has 4 aromatic rings. The Hall–Kier alpha value is -3.38. The van der Waals surface area contributed by atoms with Crippen LogP contribution in [0.4, 0.5) is 10.1 Å². The molecule has 1 N–H and O–H groups in total. The van der Waals surface area contributed by atoms with Crippen LogP contribution in [0.1, 0.15) is 19.4 Å². The molecule has 0 atom stereocenters. The molecule has 4 rings (SSSR count). The Balaban J connectivity index is 1.73. The lowest BCUT2D eigenvalue weighted by Crippen LogP contribution is -2.09. The predicted molar refractivity (Wildman–Crippen MR) is 129 cm³/mol. The number of furan rings is 1. The van der Waals surface area contributed by atoms with E-state index in [1.165, 1.54) is 18.2 Å². The Bertz CT molecular complexity index is 1330. The number of anilines is 1. The standard InChI is InChI=1S/C26H21BrFNO3/c1-3-31-24-14-25-22(23(15-32-25)17-6-4-7-18(27)11-17)13-21(24)16(2)10-26(30)29-20-9-5-8-19(28)12-20/h4-15H,3H2,1-2H3,(H,29,30)/b16-10+. The van der Waals surface area contributed by atoms with Crippen LogP contribution in [0.25, 0.3) is 27.7 Å². The monoisotopic (exact) mass is 493 g/mol. The van der Waals surface area contributed by atoms with Crippen molar-refractivity contribution in [3.8, 4) is 16.9 Å². The summed E-state index contributed by atoms with van der Waals surface area (Å²) in [6.07, 6.45) is 3.20. The van der Waals surface area contributed by atoms with Crippen LogP contribution in [0.3, 0.4) is 0 Å². The van der Waals surface area contributed by atoms with E-state index < -0.39 is 5.82 Å². The molecule has 3 aromatic carbocycles. The number of rotatable bonds is 6. The van der Waals surface area contributed by atoms with Crippen LogP contribution in [0.2, 0.25) is 0 Å². The molecule has 1 amide bonds. The Kier molecular flexibility index (Phi) is 6.42. The van der Waals surface area contributed by atoms with Gasteiger partial charge in [-0.1, -0.05) is 34.1 Å². The van der Waals surface area contributed by atoms with E-state index >= 15 is 0 Å². The molecule has 32 heavy (non-hydrogen) atoms. The molecule has 0 saturated carbocycles. The third-order valence-corrected chi connectivity index (χ3v) is 5.47. The van der Waals surface area contributed by atoms with E-state index in [1.807, 2.05) is 50.2 Å². The van der Waals surface area contributed by atoms with Gasteiger partial charge in [-0.25, -0.2) is 4.39 Å². The third kappa shape index (κ3) is 4.75. The van der Waals surface area contributed by atoms with Gasteiger partial charge < -0.3 is 14.5 Å². The van der Waals surface area contributed by atoms with E-state index in [0.717, 1.165) is 26.5 Å². The molecule has 0 aliphatic heterocycles. The summed E-state index contributed by atoms with van der Waals surface area (Å²) < 4.78 is 26.0. The van der Waals surface area contributed by atoms with Gasteiger partial charge in [-0.15, -0.1) is 0 Å². The zero-order valence-corrected chi connectivity index (χ0v) is 19.2. The van der Waals surface area contributed by atoms with Gasteiger partial charge in [0.1, 0.15) is 17.1 Å². The number of carbonyl (C=O) groups is 1. The van der Waals surface area contributed by atoms with Gasteiger partial charge in [0.2, 0.25) is 5.91 Å². The molecule has 0 bridgehead atoms. The van der Waals surface area contributed by atoms with Gasteiger partial charge in [0.15, 0.2) is 0 Å². The first-order valence-corrected chi connectivity index (χ1v) is 10.9. The molecule has 162 valence electrons. The highest BCUT2D eigenvalue weighted by Crippen LogP contribution is 2.38. The molecular formula is C26H21BrFNO3. The van der Waals surface area contributed by atoms with Gasteiger partial charge in [0, 0.05) is 38.8 Å². The van der Waals surface area contributed by atoms with Crippen molar-refractivity contribution in [3.63, 3.8) is 0 Å². The molecule has 1 heterocycles. The molecule has 6 heteroatoms. The SMILES string of the molecule is CCOc1cc2occ(-c3cccc(Br)c3)c2cc1/C(C)=C/C(=O)Nc1cccc(F)c1. The average Bonchev–Trinajstić information content (AvgIpc) is 3.16. The molecule has 0 spiro atoms. The molecule has 0 radical (unpaired) electrons. The van der Waals surface area contributed by atoms with Crippen molar-refractivity contribution in [2.24, 2.45) is 0 Å². The lowest BCUT2D eigenvalue weighted by Gasteiger charge is -2.12. The average molecular weight is 494 g/mol. The minimum atomic E-state index is -0.410. The van der Waals surface area contributed by atoms with Crippen molar-refractivity contribution in [1.82, 2.24) is 0 Å². The van der Waals surface area contributed by atoms with Gasteiger partial charge in [-0.05, 0) is 61.4 Å². The van der Waals surface area contributed by atoms with Crippen LogP contribution in [0.5, 0.6) is 5.75 Å². The maximum atomic E-state index is 13.4. The number of fused-ring (bicyclic) bond motifs is 1. The van der Waals surface area contributed by atoms with Crippen LogP contribution in [-0.2, 0) is 4.79 Å². The highest BCUT2D eigenvalue weighted by Gasteiger charge is 2.15. The van der Waals surface area contributed by atoms with Crippen molar-refractivity contribution in [1.29, 1.82) is 0 Å². The van der Waals surface area contributed by atoms with Gasteiger partial charge in [0.05, 0.1) is 12.9 Å². The van der Waals surface area contributed by atoms with Crippen molar-refractivity contribution < 1.29 is 18.3 Å². The second kappa shape index (κ2) is 9.40. The summed E-state index contributed by atoms with van der Waals surface area (Å²) >= 11 is 3.51. The number of ether oxygens (including phenoxy) is 1. The molecular weight excluding hydrogens is 473 g/mol. The van der Waals surface area contributed by atoms with Crippen molar-refractivity contribution in [2.45, 2.75) is 13.8 Å². The molecule has 0 fully saturated rings. The summed E-state index contributed by atoms with van der Waals surface area (Å²) in [5.41, 5.74) is 4.55. The van der Waals surface area contributed by atoms with Gasteiger partial charge in [-0.2, -0.15) is 0 Å². The van der Waals surface area contributed by atoms with E-state index in [-0.39, 0.29) is 5.91 Å². The molecule has 0 aliphatic carbocycles. The summed E-state index contributed by atoms with van der Waals surface area (Å²) in [4.78, 5) is 12.5. The quantitative estimate of drug-likeness (QED) is 0.284. The maximum absolute atomic E-state index is 13.4. The number of hydrogen-bond donors (Lipinski definition) is 1. The largest absolute Gasteiger partial charge is 0.493 e. The maximum Gasteiger partial charge on any atom is 0.248 e. The van der Waals surface area contributed by atoms with E-state index in [2.05, 4.69) is 21.2 Å². The summed E-state index contributed by atoms with van der Waals surface area (Å²) in [6.45, 7) is 4.22. The number of benzene rings is 3. The Morgan fingerprint density at radius 3 is 2.72 bits per heavy atom. The van der Waals surface area contributed by atoms with Crippen molar-refractivity contribution in [3.05, 3.63) is 88.9 Å². The molecule has 4 nitrogen and oxygen atoms in total. The Morgan fingerprint density at radius 2 is 1.97 bits per heavy atom. The summed E-state index contributed by atoms with van der Waals surface area (Å²) in [6, 6.07) is 17.6. The second-order valence-corrected chi connectivity index (χ2v) is 8.18. The van der Waals surface area contributed by atoms with E-state index in [1.54, 1.807) is 18.4 Å². The highest BCUT2D eigenvalue weighted by molar-refractivity contribution is 9.10. The first-order valence-electron chi connectivity index (χ1n) is 10.1. The van der Waals surface area contributed by atoms with Gasteiger partial charge in [-0.3, -0.25) is 4.79 Å². The number of halogens is 2. The summed E-state index contributed by atoms with van der Waals surface area (Å²) in [5.74, 6) is -0.134. The number of nitrogens with one attached hydrogen (secondary N) is 1. The zero-order chi connectivity index (χ0) is 22.7. The van der Waals surface area contributed by atoms with E-state index in [4.69, 9.17) is 9.15 Å². The fourth-order valence-electron chi connectivity index (χ4n) is 3.54. The van der Waals surface area contributed by atoms with Crippen LogP contribution in [0.15, 0.2) is 81.9 Å². The number of carbonyl (C=O) groups excluding carboxylic acids is 1. The fourth-order valence-corrected chi connectivity index (χ4v) is 3.94. The predicted octanol–water partition coefficient (Wildman–Crippen LogP) is 7.44. The first-order chi connectivity index (χ1) is 15.4. The van der Waals surface area contributed by atoms with E-state index in [9.17, 15) is 9.18 Å². The lowest BCUT2D eigenvalue weighted by atomic mass is 9.99. The Labute approximate surface area is 193 Å². The zero-order valence-electron chi connectivity index (χ0n) is 17.6. The van der Waals surface area contributed by atoms with Gasteiger partial charge >= 0.3 is 0 Å². The number of amides is 1. The summed E-state index contributed by atoms with van der Waals surface area (Å²) in [5, 5.41) is 3.61. The third-order valence-electron chi connectivity index (χ3n) is 4.98. The molecule has 0 unspecified atom stereocenters. The van der Waals surface area contributed by atoms with Crippen molar-refractivity contribution in [2.75, 3.05) is 11.9 Å². The van der Waals surface area contributed by atoms with E-state index in [0.29, 0.717) is 29.2 Å². The van der Waals surface area contributed by atoms with Crippen LogP contribution in [-0.4, -0.2) is 12.5 Å². The van der Waals surface area contributed by atoms with Gasteiger partial charge in [0.25, 0.3) is 0 Å². The minimum absolute atomic E-state index is 0.352. The fraction of sp³-hybridized carbons (Fsp3) is 0.115.